The molecule has 7 heteroatoms. The normalized spacial score (nSPS) is 37.6. The summed E-state index contributed by atoms with van der Waals surface area (Å²) in [6.45, 7) is 0. The van der Waals surface area contributed by atoms with Crippen molar-refractivity contribution in [1.29, 1.82) is 0 Å². The molecule has 137 valence electrons. The molecule has 5 rings (SSSR count). The van der Waals surface area contributed by atoms with Crippen LogP contribution in [0.3, 0.4) is 0 Å². The number of methoxy groups -OCH3 is 1. The summed E-state index contributed by atoms with van der Waals surface area (Å²) in [6.07, 6.45) is 9.33. The van der Waals surface area contributed by atoms with Gasteiger partial charge in [0.25, 0.3) is 7.11 Å². The zero-order chi connectivity index (χ0) is 17.9. The fourth-order valence-corrected chi connectivity index (χ4v) is 5.85. The van der Waals surface area contributed by atoms with Crippen molar-refractivity contribution in [2.24, 2.45) is 23.7 Å². The van der Waals surface area contributed by atoms with Gasteiger partial charge < -0.3 is 22.0 Å². The zero-order valence-corrected chi connectivity index (χ0v) is 14.5. The number of allylic oxidation sites excluding steroid dienone is 2. The van der Waals surface area contributed by atoms with Gasteiger partial charge in [-0.1, -0.05) is 0 Å². The molecule has 0 aromatic heterocycles. The summed E-state index contributed by atoms with van der Waals surface area (Å²) < 4.78 is 50.9. The highest BCUT2D eigenvalue weighted by Gasteiger charge is 2.58. The molecule has 1 radical (unpaired) electrons. The maximum absolute atomic E-state index is 9.75. The zero-order valence-electron chi connectivity index (χ0n) is 14.5. The number of fused-ring (bicyclic) bond motifs is 8. The first-order valence-corrected chi connectivity index (χ1v) is 9.02. The molecule has 0 heterocycles. The number of carbonyl (C=O) groups excluding carboxylic acids is 1. The predicted molar refractivity (Wildman–Crippen MR) is 87.1 cm³/mol. The summed E-state index contributed by atoms with van der Waals surface area (Å²) in [5.74, 6) is 4.22. The van der Waals surface area contributed by atoms with E-state index in [9.17, 15) is 17.3 Å². The van der Waals surface area contributed by atoms with Crippen molar-refractivity contribution < 1.29 is 26.4 Å². The fraction of sp³-hybridized carbons (Fsp3) is 0.667. The van der Waals surface area contributed by atoms with E-state index in [4.69, 9.17) is 9.16 Å². The van der Waals surface area contributed by atoms with E-state index >= 15 is 0 Å². The van der Waals surface area contributed by atoms with Crippen LogP contribution in [0.2, 0.25) is 0 Å². The van der Waals surface area contributed by atoms with Gasteiger partial charge in [-0.2, -0.15) is 0 Å². The van der Waals surface area contributed by atoms with E-state index in [1.807, 2.05) is 14.2 Å². The Balaban J connectivity index is 0.000000280. The molecule has 0 aromatic carbocycles. The molecule has 25 heavy (non-hydrogen) atoms. The molecule has 0 N–H and O–H groups in total. The maximum atomic E-state index is 9.75. The second kappa shape index (κ2) is 5.97. The number of halogens is 4. The van der Waals surface area contributed by atoms with Crippen LogP contribution in [0.5, 0.6) is 0 Å². The van der Waals surface area contributed by atoms with Gasteiger partial charge in [0.1, 0.15) is 6.10 Å². The van der Waals surface area contributed by atoms with Gasteiger partial charge in [-0.25, -0.2) is 0 Å². The quantitative estimate of drug-likeness (QED) is 0.380. The molecule has 0 spiro atoms. The lowest BCUT2D eigenvalue weighted by molar-refractivity contribution is -0.419. The van der Waals surface area contributed by atoms with Gasteiger partial charge >= 0.3 is 13.0 Å². The summed E-state index contributed by atoms with van der Waals surface area (Å²) in [5, 5.41) is 0. The summed E-state index contributed by atoms with van der Waals surface area (Å²) in [5.41, 5.74) is 6.14. The number of rotatable bonds is 1. The van der Waals surface area contributed by atoms with Crippen LogP contribution in [0.25, 0.3) is 0 Å². The van der Waals surface area contributed by atoms with E-state index in [1.165, 1.54) is 72.7 Å². The van der Waals surface area contributed by atoms with Gasteiger partial charge in [-0.3, -0.25) is 4.42 Å². The van der Waals surface area contributed by atoms with E-state index in [-0.39, 0.29) is 0 Å². The molecule has 0 unspecified atom stereocenters. The summed E-state index contributed by atoms with van der Waals surface area (Å²) in [6, 6.07) is 0. The Hall–Kier alpha value is -1.11. The van der Waals surface area contributed by atoms with Gasteiger partial charge in [0.2, 0.25) is 0 Å². The highest BCUT2D eigenvalue weighted by atomic mass is 19.5. The topological polar surface area (TPSA) is 20.5 Å². The van der Waals surface area contributed by atoms with Gasteiger partial charge in [0, 0.05) is 7.11 Å². The minimum Gasteiger partial charge on any atom is -0.418 e. The second-order valence-electron chi connectivity index (χ2n) is 7.63. The Labute approximate surface area is 145 Å². The van der Waals surface area contributed by atoms with Crippen LogP contribution < -0.4 is 0 Å². The van der Waals surface area contributed by atoms with Crippen molar-refractivity contribution in [2.45, 2.75) is 38.5 Å². The second-order valence-corrected chi connectivity index (χ2v) is 7.63. The standard InChI is InChI=1S/C18H22O2.BF4/c1-19-17-13-9-3-5-11(7-9)15(13)18(20-2)16-12-6-4-10(8-12)14(16)17;2-1(3,4)5/h9-12H,3-8H2,1-2H3;/q+1;-1/t9-,10+,11+,12-;. The Morgan fingerprint density at radius 2 is 1.16 bits per heavy atom. The third kappa shape index (κ3) is 2.70. The first kappa shape index (κ1) is 17.3. The molecule has 2 nitrogen and oxygen atoms in total. The van der Waals surface area contributed by atoms with E-state index in [0.29, 0.717) is 0 Å². The molecular weight excluding hydrogens is 335 g/mol. The highest BCUT2D eigenvalue weighted by Crippen LogP contribution is 2.62. The van der Waals surface area contributed by atoms with Crippen LogP contribution in [-0.2, 0) is 9.16 Å². The van der Waals surface area contributed by atoms with Crippen molar-refractivity contribution in [2.75, 3.05) is 14.2 Å². The molecule has 2 saturated carbocycles. The number of hydrogen-bond donors (Lipinski definition) is 0. The first-order chi connectivity index (χ1) is 11.8. The number of hydrogen-bond acceptors (Lipinski definition) is 1. The average Bonchev–Trinajstić information content (AvgIpc) is 3.30. The fourth-order valence-electron chi connectivity index (χ4n) is 5.85. The minimum absolute atomic E-state index is 0.739. The largest absolute Gasteiger partial charge is 0.673 e. The van der Waals surface area contributed by atoms with Gasteiger partial charge in [-0.15, -0.1) is 0 Å². The van der Waals surface area contributed by atoms with E-state index in [2.05, 4.69) is 0 Å². The maximum Gasteiger partial charge on any atom is 0.673 e. The molecule has 5 aliphatic carbocycles. The Morgan fingerprint density at radius 3 is 1.48 bits per heavy atom. The molecule has 0 aromatic rings. The molecule has 2 fully saturated rings. The average molecular weight is 357 g/mol. The van der Waals surface area contributed by atoms with E-state index in [1.54, 1.807) is 0 Å². The summed E-state index contributed by atoms with van der Waals surface area (Å²) >= 11 is 0. The van der Waals surface area contributed by atoms with Crippen LogP contribution in [0.4, 0.5) is 17.3 Å². The van der Waals surface area contributed by atoms with Gasteiger partial charge in [0.05, 0.1) is 11.1 Å². The third-order valence-electron chi connectivity index (χ3n) is 6.47. The van der Waals surface area contributed by atoms with Crippen LogP contribution in [0.1, 0.15) is 38.5 Å². The lowest BCUT2D eigenvalue weighted by Crippen LogP contribution is -2.30. The third-order valence-corrected chi connectivity index (χ3v) is 6.47. The lowest BCUT2D eigenvalue weighted by Gasteiger charge is -2.33. The van der Waals surface area contributed by atoms with Crippen LogP contribution >= 0.6 is 0 Å². The molecule has 0 amide bonds. The molecule has 4 atom stereocenters. The highest BCUT2D eigenvalue weighted by molar-refractivity contribution is 6.50. The predicted octanol–water partition coefficient (Wildman–Crippen LogP) is 4.67. The first-order valence-electron chi connectivity index (χ1n) is 9.02. The van der Waals surface area contributed by atoms with Crippen molar-refractivity contribution in [1.82, 2.24) is 0 Å². The van der Waals surface area contributed by atoms with Crippen molar-refractivity contribution in [3.05, 3.63) is 28.4 Å². The molecule has 4 bridgehead atoms. The van der Waals surface area contributed by atoms with Crippen LogP contribution in [0.15, 0.2) is 22.3 Å². The Morgan fingerprint density at radius 1 is 0.800 bits per heavy atom. The summed E-state index contributed by atoms with van der Waals surface area (Å²) in [4.78, 5) is 0. The molecule has 5 aliphatic rings. The Bertz CT molecular complexity index is 627. The lowest BCUT2D eigenvalue weighted by atomic mass is 9.72. The monoisotopic (exact) mass is 357 g/mol. The van der Waals surface area contributed by atoms with Gasteiger partial charge in [0.15, 0.2) is 0 Å². The Kier molecular flexibility index (Phi) is 4.13. The van der Waals surface area contributed by atoms with Crippen LogP contribution in [0, 0.1) is 29.8 Å². The van der Waals surface area contributed by atoms with E-state index < -0.39 is 7.25 Å². The van der Waals surface area contributed by atoms with Crippen molar-refractivity contribution >= 4 is 13.0 Å². The summed E-state index contributed by atoms with van der Waals surface area (Å²) in [7, 11) is -2.25. The molecular formula is C18H22BF4O2. The SMILES string of the molecule is CO[C]1C2=C(C(=[O+]C)C3=C1[C@@H]1CC[C@H]3C1)[C@@H]1CC[C@H]2C1.F[B-](F)(F)F. The minimum atomic E-state index is -6.00. The smallest absolute Gasteiger partial charge is 0.418 e. The van der Waals surface area contributed by atoms with Crippen LogP contribution in [-0.4, -0.2) is 27.3 Å². The molecule has 0 aliphatic heterocycles. The molecule has 0 saturated heterocycles. The van der Waals surface area contributed by atoms with Gasteiger partial charge in [-0.05, 0) is 73.3 Å². The number of ether oxygens (including phenoxy) is 1. The van der Waals surface area contributed by atoms with Crippen molar-refractivity contribution in [3.63, 3.8) is 0 Å². The van der Waals surface area contributed by atoms with E-state index in [0.717, 1.165) is 23.7 Å². The number of ketones is 1. The van der Waals surface area contributed by atoms with Crippen molar-refractivity contribution in [3.8, 4) is 0 Å².